The van der Waals surface area contributed by atoms with Gasteiger partial charge in [-0.3, -0.25) is 4.79 Å². The minimum absolute atomic E-state index is 0. The molecule has 0 aromatic heterocycles. The van der Waals surface area contributed by atoms with E-state index in [1.165, 1.54) is 19.2 Å². The molecule has 1 aromatic carbocycles. The van der Waals surface area contributed by atoms with Crippen LogP contribution in [0, 0.1) is 5.82 Å². The predicted molar refractivity (Wildman–Crippen MR) is 98.7 cm³/mol. The monoisotopic (exact) mass is 395 g/mol. The number of rotatable bonds is 3. The molecule has 0 saturated carbocycles. The number of nitrogens with one attached hydrogen (secondary N) is 1. The van der Waals surface area contributed by atoms with E-state index in [1.54, 1.807) is 6.07 Å². The molecule has 2 N–H and O–H groups in total. The minimum atomic E-state index is -0.436. The van der Waals surface area contributed by atoms with Gasteiger partial charge in [0, 0.05) is 38.8 Å². The summed E-state index contributed by atoms with van der Waals surface area (Å²) >= 11 is 0. The largest absolute Gasteiger partial charge is 0.494 e. The van der Waals surface area contributed by atoms with Crippen molar-refractivity contribution in [1.82, 2.24) is 10.2 Å². The molecule has 2 saturated heterocycles. The molecule has 142 valence electrons. The lowest BCUT2D eigenvalue weighted by Crippen LogP contribution is -2.53. The zero-order valence-corrected chi connectivity index (χ0v) is 15.6. The molecule has 2 aliphatic heterocycles. The Labute approximate surface area is 159 Å². The number of halogens is 3. The van der Waals surface area contributed by atoms with Gasteiger partial charge in [0.1, 0.15) is 11.6 Å². The number of β-amino-alcohol motifs (C(OH)–C–C–N with tert-alkyl or cyclic N) is 1. The first kappa shape index (κ1) is 21.8. The van der Waals surface area contributed by atoms with Gasteiger partial charge in [0.05, 0.1) is 24.9 Å². The molecule has 1 aromatic rings. The Bertz CT molecular complexity index is 586. The first-order valence-corrected chi connectivity index (χ1v) is 7.87. The number of amides is 1. The highest BCUT2D eigenvalue weighted by atomic mass is 35.5. The van der Waals surface area contributed by atoms with Crippen molar-refractivity contribution in [2.75, 3.05) is 44.7 Å². The van der Waals surface area contributed by atoms with Gasteiger partial charge in [-0.05, 0) is 18.6 Å². The van der Waals surface area contributed by atoms with Gasteiger partial charge in [-0.1, -0.05) is 0 Å². The number of carbonyl (C=O) groups is 1. The molecule has 0 radical (unpaired) electrons. The van der Waals surface area contributed by atoms with Crippen molar-refractivity contribution in [2.24, 2.45) is 0 Å². The standard InChI is InChI=1S/C16H22FN3O3.2ClH/c1-23-15-8-11(17)2-3-14(15)19-4-6-20(7-5-19)16(22)13-9-12(21)10-18-13;;/h2-3,8,12-13,18,21H,4-7,9-10H2,1H3;2*1H. The molecular formula is C16H24Cl2FN3O3. The van der Waals surface area contributed by atoms with Crippen molar-refractivity contribution in [3.63, 3.8) is 0 Å². The number of piperazine rings is 1. The molecule has 3 rings (SSSR count). The van der Waals surface area contributed by atoms with Gasteiger partial charge in [0.25, 0.3) is 0 Å². The number of aliphatic hydroxyl groups excluding tert-OH is 1. The lowest BCUT2D eigenvalue weighted by molar-refractivity contribution is -0.133. The van der Waals surface area contributed by atoms with Gasteiger partial charge < -0.3 is 25.0 Å². The second kappa shape index (κ2) is 9.43. The second-order valence-corrected chi connectivity index (χ2v) is 5.98. The van der Waals surface area contributed by atoms with E-state index >= 15 is 0 Å². The van der Waals surface area contributed by atoms with Crippen LogP contribution in [0.3, 0.4) is 0 Å². The third-order valence-electron chi connectivity index (χ3n) is 4.48. The summed E-state index contributed by atoms with van der Waals surface area (Å²) in [5, 5.41) is 12.6. The van der Waals surface area contributed by atoms with E-state index in [0.717, 1.165) is 5.69 Å². The molecule has 9 heteroatoms. The number of ether oxygens (including phenoxy) is 1. The summed E-state index contributed by atoms with van der Waals surface area (Å²) in [6.45, 7) is 3.02. The highest BCUT2D eigenvalue weighted by molar-refractivity contribution is 5.85. The van der Waals surface area contributed by atoms with Crippen LogP contribution in [0.5, 0.6) is 5.75 Å². The molecule has 0 bridgehead atoms. The fourth-order valence-corrected chi connectivity index (χ4v) is 3.21. The number of methoxy groups -OCH3 is 1. The van der Waals surface area contributed by atoms with Crippen LogP contribution in [0.2, 0.25) is 0 Å². The predicted octanol–water partition coefficient (Wildman–Crippen LogP) is 1.05. The summed E-state index contributed by atoms with van der Waals surface area (Å²) in [4.78, 5) is 16.3. The Morgan fingerprint density at radius 1 is 1.28 bits per heavy atom. The molecule has 2 heterocycles. The van der Waals surface area contributed by atoms with Crippen LogP contribution in [0.25, 0.3) is 0 Å². The second-order valence-electron chi connectivity index (χ2n) is 5.98. The van der Waals surface area contributed by atoms with E-state index in [4.69, 9.17) is 4.74 Å². The van der Waals surface area contributed by atoms with E-state index in [0.29, 0.717) is 44.9 Å². The summed E-state index contributed by atoms with van der Waals surface area (Å²) in [5.74, 6) is 0.225. The van der Waals surface area contributed by atoms with E-state index in [-0.39, 0.29) is 42.6 Å². The number of anilines is 1. The smallest absolute Gasteiger partial charge is 0.239 e. The van der Waals surface area contributed by atoms with Gasteiger partial charge in [-0.15, -0.1) is 24.8 Å². The van der Waals surface area contributed by atoms with Crippen LogP contribution in [0.15, 0.2) is 18.2 Å². The fourth-order valence-electron chi connectivity index (χ4n) is 3.21. The molecule has 0 aliphatic carbocycles. The maximum absolute atomic E-state index is 13.3. The average Bonchev–Trinajstić information content (AvgIpc) is 3.00. The Balaban J connectivity index is 0.00000156. The lowest BCUT2D eigenvalue weighted by atomic mass is 10.1. The number of benzene rings is 1. The van der Waals surface area contributed by atoms with Crippen molar-refractivity contribution < 1.29 is 19.0 Å². The lowest BCUT2D eigenvalue weighted by Gasteiger charge is -2.37. The van der Waals surface area contributed by atoms with Crippen LogP contribution in [-0.4, -0.2) is 67.9 Å². The maximum Gasteiger partial charge on any atom is 0.239 e. The van der Waals surface area contributed by atoms with Crippen molar-refractivity contribution in [1.29, 1.82) is 0 Å². The Kier molecular flexibility index (Phi) is 8.21. The van der Waals surface area contributed by atoms with E-state index in [1.807, 2.05) is 4.90 Å². The summed E-state index contributed by atoms with van der Waals surface area (Å²) in [6.07, 6.45) is 0.0406. The molecule has 25 heavy (non-hydrogen) atoms. The normalized spacial score (nSPS) is 22.8. The van der Waals surface area contributed by atoms with Crippen LogP contribution in [0.1, 0.15) is 6.42 Å². The van der Waals surface area contributed by atoms with Gasteiger partial charge in [-0.2, -0.15) is 0 Å². The van der Waals surface area contributed by atoms with Crippen LogP contribution < -0.4 is 15.0 Å². The Morgan fingerprint density at radius 2 is 1.96 bits per heavy atom. The topological polar surface area (TPSA) is 65.0 Å². The summed E-state index contributed by atoms with van der Waals surface area (Å²) in [7, 11) is 1.52. The quantitative estimate of drug-likeness (QED) is 0.800. The van der Waals surface area contributed by atoms with E-state index in [2.05, 4.69) is 10.2 Å². The average molecular weight is 396 g/mol. The van der Waals surface area contributed by atoms with Crippen LogP contribution >= 0.6 is 24.8 Å². The van der Waals surface area contributed by atoms with Crippen molar-refractivity contribution in [3.05, 3.63) is 24.0 Å². The summed E-state index contributed by atoms with van der Waals surface area (Å²) in [6, 6.07) is 4.22. The zero-order chi connectivity index (χ0) is 16.4. The number of hydrogen-bond donors (Lipinski definition) is 2. The zero-order valence-electron chi connectivity index (χ0n) is 14.0. The summed E-state index contributed by atoms with van der Waals surface area (Å²) < 4.78 is 18.5. The molecule has 0 spiro atoms. The van der Waals surface area contributed by atoms with Crippen molar-refractivity contribution in [3.8, 4) is 5.75 Å². The van der Waals surface area contributed by atoms with Gasteiger partial charge in [0.2, 0.25) is 5.91 Å². The Morgan fingerprint density at radius 3 is 2.52 bits per heavy atom. The fraction of sp³-hybridized carbons (Fsp3) is 0.562. The highest BCUT2D eigenvalue weighted by Crippen LogP contribution is 2.29. The van der Waals surface area contributed by atoms with Gasteiger partial charge in [-0.25, -0.2) is 4.39 Å². The van der Waals surface area contributed by atoms with E-state index in [9.17, 15) is 14.3 Å². The molecule has 2 atom stereocenters. The molecule has 2 aliphatic rings. The SMILES string of the molecule is COc1cc(F)ccc1N1CCN(C(=O)C2CC(O)CN2)CC1.Cl.Cl. The number of aliphatic hydroxyl groups is 1. The Hall–Kier alpha value is -1.28. The number of nitrogens with zero attached hydrogens (tertiary/aromatic N) is 2. The summed E-state index contributed by atoms with van der Waals surface area (Å²) in [5.41, 5.74) is 0.843. The minimum Gasteiger partial charge on any atom is -0.494 e. The first-order valence-electron chi connectivity index (χ1n) is 7.87. The van der Waals surface area contributed by atoms with Crippen LogP contribution in [-0.2, 0) is 4.79 Å². The van der Waals surface area contributed by atoms with Crippen molar-refractivity contribution >= 4 is 36.4 Å². The molecule has 6 nitrogen and oxygen atoms in total. The third-order valence-corrected chi connectivity index (χ3v) is 4.48. The molecule has 2 unspecified atom stereocenters. The van der Waals surface area contributed by atoms with Crippen molar-refractivity contribution in [2.45, 2.75) is 18.6 Å². The highest BCUT2D eigenvalue weighted by Gasteiger charge is 2.33. The van der Waals surface area contributed by atoms with Gasteiger partial charge in [0.15, 0.2) is 0 Å². The molecule has 2 fully saturated rings. The first-order chi connectivity index (χ1) is 11.1. The third kappa shape index (κ3) is 4.88. The van der Waals surface area contributed by atoms with E-state index < -0.39 is 6.10 Å². The maximum atomic E-state index is 13.3. The molecular weight excluding hydrogens is 372 g/mol. The van der Waals surface area contributed by atoms with Gasteiger partial charge >= 0.3 is 0 Å². The number of hydrogen-bond acceptors (Lipinski definition) is 5. The van der Waals surface area contributed by atoms with Crippen LogP contribution in [0.4, 0.5) is 10.1 Å². The number of carbonyl (C=O) groups excluding carboxylic acids is 1. The molecule has 1 amide bonds.